The molecule has 0 N–H and O–H groups in total. The molecule has 2 aromatic rings. The predicted octanol–water partition coefficient (Wildman–Crippen LogP) is 3.62. The van der Waals surface area contributed by atoms with Crippen LogP contribution in [0.5, 0.6) is 0 Å². The SMILES string of the molecule is O=C(CSc1c(Cl)cccc1Cl)N1CCN(S(=O)(=O)c2ccccc2)CC1. The number of carbonyl (C=O) groups excluding carboxylic acids is 1. The van der Waals surface area contributed by atoms with Crippen molar-refractivity contribution in [3.8, 4) is 0 Å². The molecule has 1 aliphatic rings. The number of amides is 1. The van der Waals surface area contributed by atoms with Gasteiger partial charge in [-0.25, -0.2) is 8.42 Å². The number of benzene rings is 2. The van der Waals surface area contributed by atoms with Gasteiger partial charge in [0, 0.05) is 31.1 Å². The van der Waals surface area contributed by atoms with E-state index in [1.807, 2.05) is 0 Å². The van der Waals surface area contributed by atoms with E-state index in [4.69, 9.17) is 23.2 Å². The highest BCUT2D eigenvalue weighted by Crippen LogP contribution is 2.34. The smallest absolute Gasteiger partial charge is 0.243 e. The Kier molecular flexibility index (Phi) is 6.70. The number of halogens is 2. The Balaban J connectivity index is 1.57. The van der Waals surface area contributed by atoms with Gasteiger partial charge in [0.25, 0.3) is 0 Å². The van der Waals surface area contributed by atoms with E-state index in [0.717, 1.165) is 0 Å². The number of piperazine rings is 1. The molecular formula is C18H18Cl2N2O3S2. The second-order valence-electron chi connectivity index (χ2n) is 5.94. The molecule has 144 valence electrons. The molecule has 0 bridgehead atoms. The van der Waals surface area contributed by atoms with Gasteiger partial charge >= 0.3 is 0 Å². The van der Waals surface area contributed by atoms with Crippen LogP contribution < -0.4 is 0 Å². The highest BCUT2D eigenvalue weighted by Gasteiger charge is 2.30. The second-order valence-corrected chi connectivity index (χ2v) is 9.68. The largest absolute Gasteiger partial charge is 0.339 e. The summed E-state index contributed by atoms with van der Waals surface area (Å²) in [5.74, 6) is 0.141. The molecule has 3 rings (SSSR count). The van der Waals surface area contributed by atoms with Crippen LogP contribution in [0.1, 0.15) is 0 Å². The predicted molar refractivity (Wildman–Crippen MR) is 109 cm³/mol. The minimum absolute atomic E-state index is 0.0623. The number of hydrogen-bond acceptors (Lipinski definition) is 4. The lowest BCUT2D eigenvalue weighted by Gasteiger charge is -2.34. The van der Waals surface area contributed by atoms with Crippen LogP contribution in [0, 0.1) is 0 Å². The molecule has 1 aliphatic heterocycles. The Bertz CT molecular complexity index is 895. The zero-order valence-corrected chi connectivity index (χ0v) is 17.5. The van der Waals surface area contributed by atoms with E-state index in [0.29, 0.717) is 28.0 Å². The van der Waals surface area contributed by atoms with E-state index < -0.39 is 10.0 Å². The van der Waals surface area contributed by atoms with Gasteiger partial charge in [0.15, 0.2) is 0 Å². The fourth-order valence-corrected chi connectivity index (χ4v) is 5.80. The number of sulfonamides is 1. The monoisotopic (exact) mass is 444 g/mol. The minimum atomic E-state index is -3.52. The van der Waals surface area contributed by atoms with E-state index in [9.17, 15) is 13.2 Å². The van der Waals surface area contributed by atoms with Crippen molar-refractivity contribution in [2.75, 3.05) is 31.9 Å². The fraction of sp³-hybridized carbons (Fsp3) is 0.278. The molecule has 1 saturated heterocycles. The van der Waals surface area contributed by atoms with Gasteiger partial charge in [-0.05, 0) is 24.3 Å². The Morgan fingerprint density at radius 1 is 0.926 bits per heavy atom. The van der Waals surface area contributed by atoms with Gasteiger partial charge in [0.05, 0.1) is 20.7 Å². The standard InChI is InChI=1S/C18H18Cl2N2O3S2/c19-15-7-4-8-16(20)18(15)26-13-17(23)21-9-11-22(12-10-21)27(24,25)14-5-2-1-3-6-14/h1-8H,9-13H2. The summed E-state index contributed by atoms with van der Waals surface area (Å²) in [6.45, 7) is 1.28. The molecule has 9 heteroatoms. The maximum atomic E-state index is 12.6. The van der Waals surface area contributed by atoms with Crippen molar-refractivity contribution in [2.24, 2.45) is 0 Å². The topological polar surface area (TPSA) is 57.7 Å². The average Bonchev–Trinajstić information content (AvgIpc) is 2.68. The molecule has 0 aromatic heterocycles. The first-order chi connectivity index (χ1) is 12.9. The summed E-state index contributed by atoms with van der Waals surface area (Å²) in [7, 11) is -3.52. The highest BCUT2D eigenvalue weighted by atomic mass is 35.5. The van der Waals surface area contributed by atoms with Gasteiger partial charge < -0.3 is 4.90 Å². The van der Waals surface area contributed by atoms with Crippen LogP contribution in [-0.2, 0) is 14.8 Å². The van der Waals surface area contributed by atoms with Gasteiger partial charge in [-0.3, -0.25) is 4.79 Å². The molecule has 2 aromatic carbocycles. The maximum Gasteiger partial charge on any atom is 0.243 e. The summed E-state index contributed by atoms with van der Waals surface area (Å²) in [5.41, 5.74) is 0. The van der Waals surface area contributed by atoms with Gasteiger partial charge in [-0.2, -0.15) is 4.31 Å². The molecular weight excluding hydrogens is 427 g/mol. The summed E-state index contributed by atoms with van der Waals surface area (Å²) in [4.78, 5) is 15.1. The Hall–Kier alpha value is -1.25. The van der Waals surface area contributed by atoms with Gasteiger partial charge in [0.2, 0.25) is 15.9 Å². The quantitative estimate of drug-likeness (QED) is 0.660. The fourth-order valence-electron chi connectivity index (χ4n) is 2.77. The average molecular weight is 445 g/mol. The normalized spacial score (nSPS) is 15.7. The third-order valence-electron chi connectivity index (χ3n) is 4.23. The zero-order valence-electron chi connectivity index (χ0n) is 14.3. The van der Waals surface area contributed by atoms with Crippen molar-refractivity contribution in [1.82, 2.24) is 9.21 Å². The van der Waals surface area contributed by atoms with Gasteiger partial charge in [0.1, 0.15) is 0 Å². The third kappa shape index (κ3) is 4.78. The van der Waals surface area contributed by atoms with Gasteiger partial charge in [-0.15, -0.1) is 11.8 Å². The maximum absolute atomic E-state index is 12.6. The van der Waals surface area contributed by atoms with Crippen LogP contribution >= 0.6 is 35.0 Å². The summed E-state index contributed by atoms with van der Waals surface area (Å²) >= 11 is 13.5. The molecule has 5 nitrogen and oxygen atoms in total. The number of nitrogens with zero attached hydrogens (tertiary/aromatic N) is 2. The van der Waals surface area contributed by atoms with Crippen LogP contribution in [0.2, 0.25) is 10.0 Å². The van der Waals surface area contributed by atoms with Crippen molar-refractivity contribution in [2.45, 2.75) is 9.79 Å². The van der Waals surface area contributed by atoms with E-state index >= 15 is 0 Å². The number of carbonyl (C=O) groups is 1. The zero-order chi connectivity index (χ0) is 19.4. The van der Waals surface area contributed by atoms with Crippen molar-refractivity contribution in [3.05, 3.63) is 58.6 Å². The number of rotatable bonds is 5. The molecule has 0 atom stereocenters. The van der Waals surface area contributed by atoms with Crippen molar-refractivity contribution in [3.63, 3.8) is 0 Å². The first kappa shape index (κ1) is 20.5. The molecule has 27 heavy (non-hydrogen) atoms. The first-order valence-electron chi connectivity index (χ1n) is 8.29. The molecule has 0 saturated carbocycles. The van der Waals surface area contributed by atoms with E-state index in [1.165, 1.54) is 16.1 Å². The third-order valence-corrected chi connectivity index (χ3v) is 8.12. The number of thioether (sulfide) groups is 1. The first-order valence-corrected chi connectivity index (χ1v) is 11.5. The molecule has 1 heterocycles. The van der Waals surface area contributed by atoms with E-state index in [-0.39, 0.29) is 29.6 Å². The summed E-state index contributed by atoms with van der Waals surface area (Å²) in [6, 6.07) is 13.5. The van der Waals surface area contributed by atoms with E-state index in [2.05, 4.69) is 0 Å². The van der Waals surface area contributed by atoms with Crippen LogP contribution in [0.3, 0.4) is 0 Å². The van der Waals surface area contributed by atoms with Crippen molar-refractivity contribution >= 4 is 50.9 Å². The molecule has 0 spiro atoms. The van der Waals surface area contributed by atoms with Crippen LogP contribution in [0.4, 0.5) is 0 Å². The van der Waals surface area contributed by atoms with Crippen molar-refractivity contribution in [1.29, 1.82) is 0 Å². The van der Waals surface area contributed by atoms with E-state index in [1.54, 1.807) is 53.4 Å². The Labute approximate surface area is 173 Å². The summed E-state index contributed by atoms with van der Waals surface area (Å²) < 4.78 is 26.7. The lowest BCUT2D eigenvalue weighted by molar-refractivity contribution is -0.129. The van der Waals surface area contributed by atoms with Gasteiger partial charge in [-0.1, -0.05) is 47.5 Å². The Morgan fingerprint density at radius 2 is 1.52 bits per heavy atom. The number of hydrogen-bond donors (Lipinski definition) is 0. The van der Waals surface area contributed by atoms with Crippen molar-refractivity contribution < 1.29 is 13.2 Å². The van der Waals surface area contributed by atoms with Crippen LogP contribution in [0.15, 0.2) is 58.3 Å². The minimum Gasteiger partial charge on any atom is -0.339 e. The summed E-state index contributed by atoms with van der Waals surface area (Å²) in [5, 5.41) is 1.03. The van der Waals surface area contributed by atoms with Crippen LogP contribution in [0.25, 0.3) is 0 Å². The molecule has 1 fully saturated rings. The molecule has 0 unspecified atom stereocenters. The molecule has 1 amide bonds. The molecule has 0 aliphatic carbocycles. The second kappa shape index (κ2) is 8.84. The molecule has 0 radical (unpaired) electrons. The van der Waals surface area contributed by atoms with Crippen LogP contribution in [-0.4, -0.2) is 55.5 Å². The lowest BCUT2D eigenvalue weighted by atomic mass is 10.3. The summed E-state index contributed by atoms with van der Waals surface area (Å²) in [6.07, 6.45) is 0. The Morgan fingerprint density at radius 3 is 2.11 bits per heavy atom. The lowest BCUT2D eigenvalue weighted by Crippen LogP contribution is -2.50. The highest BCUT2D eigenvalue weighted by molar-refractivity contribution is 8.00.